The van der Waals surface area contributed by atoms with Crippen molar-refractivity contribution in [3.8, 4) is 0 Å². The molecule has 0 aliphatic carbocycles. The van der Waals surface area contributed by atoms with E-state index in [0.29, 0.717) is 19.6 Å². The van der Waals surface area contributed by atoms with E-state index in [-0.39, 0.29) is 11.9 Å². The highest BCUT2D eigenvalue weighted by Gasteiger charge is 2.26. The fraction of sp³-hybridized carbons (Fsp3) is 0.562. The molecule has 116 valence electrons. The Hall–Kier alpha value is -1.75. The second-order valence-electron chi connectivity index (χ2n) is 6.00. The molecule has 1 saturated heterocycles. The van der Waals surface area contributed by atoms with Crippen molar-refractivity contribution >= 4 is 11.7 Å². The standard InChI is InChI=1S/C16H25N3O2/c1-12-8-9-19(11-15(12)20)16(21)17-10-13-4-6-14(7-5-13)18(2)3/h4-7,12,15,20H,8-11H2,1-3H3,(H,17,21). The SMILES string of the molecule is CC1CCN(C(=O)NCc2ccc(N(C)C)cc2)CC1O. The van der Waals surface area contributed by atoms with Crippen LogP contribution in [0.15, 0.2) is 24.3 Å². The minimum Gasteiger partial charge on any atom is -0.391 e. The molecule has 1 aromatic carbocycles. The summed E-state index contributed by atoms with van der Waals surface area (Å²) in [5.74, 6) is 0.271. The number of carbonyl (C=O) groups is 1. The van der Waals surface area contributed by atoms with Gasteiger partial charge in [-0.25, -0.2) is 4.79 Å². The van der Waals surface area contributed by atoms with Gasteiger partial charge in [-0.1, -0.05) is 19.1 Å². The molecule has 0 bridgehead atoms. The van der Waals surface area contributed by atoms with Crippen LogP contribution in [-0.2, 0) is 6.54 Å². The molecule has 2 amide bonds. The molecule has 1 aliphatic heterocycles. The van der Waals surface area contributed by atoms with Crippen LogP contribution in [0.3, 0.4) is 0 Å². The monoisotopic (exact) mass is 291 g/mol. The van der Waals surface area contributed by atoms with Crippen LogP contribution in [0, 0.1) is 5.92 Å². The lowest BCUT2D eigenvalue weighted by Crippen LogP contribution is -2.49. The molecule has 1 fully saturated rings. The number of anilines is 1. The zero-order chi connectivity index (χ0) is 15.4. The number of aliphatic hydroxyl groups excluding tert-OH is 1. The second-order valence-corrected chi connectivity index (χ2v) is 6.00. The quantitative estimate of drug-likeness (QED) is 0.890. The highest BCUT2D eigenvalue weighted by atomic mass is 16.3. The first-order valence-electron chi connectivity index (χ1n) is 7.44. The molecule has 1 aromatic rings. The van der Waals surface area contributed by atoms with E-state index in [1.54, 1.807) is 4.90 Å². The van der Waals surface area contributed by atoms with Crippen molar-refractivity contribution in [2.24, 2.45) is 5.92 Å². The number of rotatable bonds is 3. The molecule has 1 heterocycles. The Labute approximate surface area is 126 Å². The van der Waals surface area contributed by atoms with Crippen molar-refractivity contribution in [1.29, 1.82) is 0 Å². The Kier molecular flexibility index (Phi) is 5.07. The van der Waals surface area contributed by atoms with Crippen molar-refractivity contribution in [3.05, 3.63) is 29.8 Å². The van der Waals surface area contributed by atoms with Gasteiger partial charge in [0.1, 0.15) is 0 Å². The maximum atomic E-state index is 12.1. The average Bonchev–Trinajstić information content (AvgIpc) is 2.48. The highest BCUT2D eigenvalue weighted by Crippen LogP contribution is 2.17. The van der Waals surface area contributed by atoms with Crippen molar-refractivity contribution in [1.82, 2.24) is 10.2 Å². The molecule has 2 atom stereocenters. The minimum atomic E-state index is -0.413. The van der Waals surface area contributed by atoms with E-state index in [4.69, 9.17) is 0 Å². The molecule has 5 nitrogen and oxygen atoms in total. The smallest absolute Gasteiger partial charge is 0.317 e. The number of aliphatic hydroxyl groups is 1. The molecule has 0 radical (unpaired) electrons. The molecule has 0 saturated carbocycles. The number of hydrogen-bond acceptors (Lipinski definition) is 3. The zero-order valence-electron chi connectivity index (χ0n) is 13.0. The predicted octanol–water partition coefficient (Wildman–Crippen LogP) is 1.66. The van der Waals surface area contributed by atoms with E-state index >= 15 is 0 Å². The van der Waals surface area contributed by atoms with Crippen LogP contribution in [0.25, 0.3) is 0 Å². The zero-order valence-corrected chi connectivity index (χ0v) is 13.0. The van der Waals surface area contributed by atoms with Crippen LogP contribution in [0.1, 0.15) is 18.9 Å². The Morgan fingerprint density at radius 2 is 2.05 bits per heavy atom. The predicted molar refractivity (Wildman–Crippen MR) is 84.4 cm³/mol. The van der Waals surface area contributed by atoms with E-state index < -0.39 is 6.10 Å². The van der Waals surface area contributed by atoms with E-state index in [1.807, 2.05) is 50.2 Å². The molecule has 1 aliphatic rings. The third-order valence-corrected chi connectivity index (χ3v) is 4.10. The number of urea groups is 1. The Bertz CT molecular complexity index is 473. The highest BCUT2D eigenvalue weighted by molar-refractivity contribution is 5.74. The van der Waals surface area contributed by atoms with Gasteiger partial charge < -0.3 is 20.2 Å². The lowest BCUT2D eigenvalue weighted by molar-refractivity contribution is 0.0435. The molecule has 2 rings (SSSR count). The van der Waals surface area contributed by atoms with Gasteiger partial charge in [-0.2, -0.15) is 0 Å². The van der Waals surface area contributed by atoms with Gasteiger partial charge in [0.25, 0.3) is 0 Å². The van der Waals surface area contributed by atoms with E-state index in [2.05, 4.69) is 5.32 Å². The topological polar surface area (TPSA) is 55.8 Å². The summed E-state index contributed by atoms with van der Waals surface area (Å²) in [7, 11) is 4.00. The van der Waals surface area contributed by atoms with Crippen molar-refractivity contribution in [2.75, 3.05) is 32.1 Å². The summed E-state index contributed by atoms with van der Waals surface area (Å²) < 4.78 is 0. The summed E-state index contributed by atoms with van der Waals surface area (Å²) in [6, 6.07) is 8.00. The first kappa shape index (κ1) is 15.6. The minimum absolute atomic E-state index is 0.0994. The summed E-state index contributed by atoms with van der Waals surface area (Å²) in [6.45, 7) is 3.66. The van der Waals surface area contributed by atoms with Gasteiger partial charge in [-0.15, -0.1) is 0 Å². The summed E-state index contributed by atoms with van der Waals surface area (Å²) in [4.78, 5) is 15.8. The van der Waals surface area contributed by atoms with Crippen LogP contribution < -0.4 is 10.2 Å². The molecular weight excluding hydrogens is 266 g/mol. The number of likely N-dealkylation sites (tertiary alicyclic amines) is 1. The van der Waals surface area contributed by atoms with Gasteiger partial charge in [0.05, 0.1) is 6.10 Å². The van der Waals surface area contributed by atoms with E-state index in [0.717, 1.165) is 17.7 Å². The van der Waals surface area contributed by atoms with Gasteiger partial charge >= 0.3 is 6.03 Å². The fourth-order valence-corrected chi connectivity index (χ4v) is 2.43. The number of hydrogen-bond donors (Lipinski definition) is 2. The van der Waals surface area contributed by atoms with Crippen molar-refractivity contribution in [2.45, 2.75) is 26.0 Å². The van der Waals surface area contributed by atoms with E-state index in [9.17, 15) is 9.90 Å². The summed E-state index contributed by atoms with van der Waals surface area (Å²) in [6.07, 6.45) is 0.440. The van der Waals surface area contributed by atoms with Crippen molar-refractivity contribution < 1.29 is 9.90 Å². The second kappa shape index (κ2) is 6.80. The normalized spacial score (nSPS) is 22.0. The van der Waals surface area contributed by atoms with Crippen LogP contribution in [0.4, 0.5) is 10.5 Å². The fourth-order valence-electron chi connectivity index (χ4n) is 2.43. The molecule has 21 heavy (non-hydrogen) atoms. The first-order valence-corrected chi connectivity index (χ1v) is 7.44. The van der Waals surface area contributed by atoms with Gasteiger partial charge in [-0.05, 0) is 30.0 Å². The first-order chi connectivity index (χ1) is 9.97. The third kappa shape index (κ3) is 4.11. The Balaban J connectivity index is 1.83. The Morgan fingerprint density at radius 3 is 2.62 bits per heavy atom. The number of nitrogens with zero attached hydrogens (tertiary/aromatic N) is 2. The van der Waals surface area contributed by atoms with Crippen molar-refractivity contribution in [3.63, 3.8) is 0 Å². The molecule has 5 heteroatoms. The number of β-amino-alcohol motifs (C(OH)–C–C–N with tert-alkyl or cyclic N) is 1. The number of nitrogens with one attached hydrogen (secondary N) is 1. The lowest BCUT2D eigenvalue weighted by Gasteiger charge is -2.34. The number of amides is 2. The summed E-state index contributed by atoms with van der Waals surface area (Å²) in [5.41, 5.74) is 2.21. The third-order valence-electron chi connectivity index (χ3n) is 4.10. The Morgan fingerprint density at radius 1 is 1.38 bits per heavy atom. The van der Waals surface area contributed by atoms with Gasteiger partial charge in [-0.3, -0.25) is 0 Å². The maximum absolute atomic E-state index is 12.1. The largest absolute Gasteiger partial charge is 0.391 e. The van der Waals surface area contributed by atoms with Crippen LogP contribution >= 0.6 is 0 Å². The average molecular weight is 291 g/mol. The molecular formula is C16H25N3O2. The lowest BCUT2D eigenvalue weighted by atomic mass is 9.96. The number of benzene rings is 1. The van der Waals surface area contributed by atoms with Crippen LogP contribution in [0.5, 0.6) is 0 Å². The summed E-state index contributed by atoms with van der Waals surface area (Å²) >= 11 is 0. The summed E-state index contributed by atoms with van der Waals surface area (Å²) in [5, 5.41) is 12.8. The van der Waals surface area contributed by atoms with Crippen LogP contribution in [0.2, 0.25) is 0 Å². The maximum Gasteiger partial charge on any atom is 0.317 e. The van der Waals surface area contributed by atoms with Gasteiger partial charge in [0.15, 0.2) is 0 Å². The molecule has 2 N–H and O–H groups in total. The molecule has 0 aromatic heterocycles. The van der Waals surface area contributed by atoms with E-state index in [1.165, 1.54) is 0 Å². The molecule has 0 spiro atoms. The number of carbonyl (C=O) groups excluding carboxylic acids is 1. The molecule has 2 unspecified atom stereocenters. The van der Waals surface area contributed by atoms with Crippen LogP contribution in [-0.4, -0.2) is 49.3 Å². The number of piperidine rings is 1. The van der Waals surface area contributed by atoms with Gasteiger partial charge in [0.2, 0.25) is 0 Å². The van der Waals surface area contributed by atoms with Gasteiger partial charge in [0, 0.05) is 39.4 Å².